The Morgan fingerprint density at radius 1 is 1.32 bits per heavy atom. The predicted octanol–water partition coefficient (Wildman–Crippen LogP) is 1.55. The van der Waals surface area contributed by atoms with Crippen LogP contribution in [-0.4, -0.2) is 50.8 Å². The van der Waals surface area contributed by atoms with Crippen LogP contribution in [-0.2, 0) is 0 Å². The van der Waals surface area contributed by atoms with E-state index < -0.39 is 0 Å². The van der Waals surface area contributed by atoms with Gasteiger partial charge in [-0.25, -0.2) is 0 Å². The highest BCUT2D eigenvalue weighted by molar-refractivity contribution is 5.59. The molecule has 2 unspecified atom stereocenters. The Morgan fingerprint density at radius 3 is 2.74 bits per heavy atom. The summed E-state index contributed by atoms with van der Waals surface area (Å²) in [5, 5.41) is 0. The van der Waals surface area contributed by atoms with Crippen molar-refractivity contribution in [2.75, 3.05) is 38.7 Å². The Morgan fingerprint density at radius 2 is 2.05 bits per heavy atom. The minimum Gasteiger partial charge on any atom is -0.495 e. The molecule has 4 nitrogen and oxygen atoms in total. The maximum atomic E-state index is 5.77. The van der Waals surface area contributed by atoms with Crippen LogP contribution < -0.4 is 15.4 Å². The van der Waals surface area contributed by atoms with Gasteiger partial charge in [0.05, 0.1) is 12.8 Å². The van der Waals surface area contributed by atoms with Crippen molar-refractivity contribution in [3.63, 3.8) is 0 Å². The predicted molar refractivity (Wildman–Crippen MR) is 79.9 cm³/mol. The molecular weight excluding hydrogens is 238 g/mol. The van der Waals surface area contributed by atoms with Crippen molar-refractivity contribution in [3.05, 3.63) is 24.3 Å². The smallest absolute Gasteiger partial charge is 0.142 e. The van der Waals surface area contributed by atoms with Crippen LogP contribution >= 0.6 is 0 Å². The minimum absolute atomic E-state index is 0.461. The van der Waals surface area contributed by atoms with Crippen LogP contribution in [0, 0.1) is 0 Å². The van der Waals surface area contributed by atoms with E-state index in [1.807, 2.05) is 12.1 Å². The van der Waals surface area contributed by atoms with Gasteiger partial charge in [-0.3, -0.25) is 4.90 Å². The molecule has 0 radical (unpaired) electrons. The molecule has 0 aliphatic carbocycles. The van der Waals surface area contributed by atoms with Gasteiger partial charge in [0, 0.05) is 25.2 Å². The van der Waals surface area contributed by atoms with Crippen molar-refractivity contribution in [2.45, 2.75) is 25.4 Å². The Hall–Kier alpha value is -1.26. The van der Waals surface area contributed by atoms with E-state index in [0.717, 1.165) is 31.8 Å². The second kappa shape index (κ2) is 6.26. The van der Waals surface area contributed by atoms with Crippen LogP contribution in [0.25, 0.3) is 0 Å². The van der Waals surface area contributed by atoms with Gasteiger partial charge in [-0.05, 0) is 39.1 Å². The van der Waals surface area contributed by atoms with E-state index in [-0.39, 0.29) is 0 Å². The standard InChI is InChI=1S/C15H25N3O/c1-12-10-18(13(8-9-16)11-17(12)2)14-6-4-5-7-15(14)19-3/h4-7,12-13H,8-11,16H2,1-3H3. The summed E-state index contributed by atoms with van der Waals surface area (Å²) >= 11 is 0. The molecule has 0 spiro atoms. The number of ether oxygens (including phenoxy) is 1. The van der Waals surface area contributed by atoms with Gasteiger partial charge in [-0.2, -0.15) is 0 Å². The molecule has 0 bridgehead atoms. The van der Waals surface area contributed by atoms with E-state index >= 15 is 0 Å². The lowest BCUT2D eigenvalue weighted by Crippen LogP contribution is -2.56. The summed E-state index contributed by atoms with van der Waals surface area (Å²) < 4.78 is 5.50. The number of para-hydroxylation sites is 2. The fourth-order valence-corrected chi connectivity index (χ4v) is 2.79. The topological polar surface area (TPSA) is 41.7 Å². The molecule has 2 atom stereocenters. The molecule has 4 heteroatoms. The van der Waals surface area contributed by atoms with Crippen LogP contribution in [0.4, 0.5) is 5.69 Å². The van der Waals surface area contributed by atoms with E-state index in [2.05, 4.69) is 35.9 Å². The average Bonchev–Trinajstić information content (AvgIpc) is 2.43. The van der Waals surface area contributed by atoms with Crippen LogP contribution in [0.2, 0.25) is 0 Å². The maximum absolute atomic E-state index is 5.77. The van der Waals surface area contributed by atoms with Crippen LogP contribution in [0.5, 0.6) is 5.75 Å². The molecule has 1 fully saturated rings. The molecule has 2 N–H and O–H groups in total. The highest BCUT2D eigenvalue weighted by Gasteiger charge is 2.30. The lowest BCUT2D eigenvalue weighted by atomic mass is 10.0. The Bertz CT molecular complexity index is 410. The molecule has 0 saturated carbocycles. The number of piperazine rings is 1. The second-order valence-electron chi connectivity index (χ2n) is 5.34. The molecule has 1 aliphatic heterocycles. The minimum atomic E-state index is 0.461. The summed E-state index contributed by atoms with van der Waals surface area (Å²) in [7, 11) is 3.92. The molecule has 1 saturated heterocycles. The van der Waals surface area contributed by atoms with Gasteiger partial charge in [0.2, 0.25) is 0 Å². The number of hydrogen-bond acceptors (Lipinski definition) is 4. The first kappa shape index (κ1) is 14.2. The third-order valence-electron chi connectivity index (χ3n) is 4.05. The Balaban J connectivity index is 2.28. The largest absolute Gasteiger partial charge is 0.495 e. The summed E-state index contributed by atoms with van der Waals surface area (Å²) in [5.41, 5.74) is 6.96. The molecule has 1 aromatic rings. The number of anilines is 1. The first-order chi connectivity index (χ1) is 9.17. The van der Waals surface area contributed by atoms with Gasteiger partial charge in [-0.1, -0.05) is 12.1 Å². The van der Waals surface area contributed by atoms with Gasteiger partial charge in [-0.15, -0.1) is 0 Å². The lowest BCUT2D eigenvalue weighted by Gasteiger charge is -2.45. The number of rotatable bonds is 4. The molecule has 0 amide bonds. The van der Waals surface area contributed by atoms with Crippen molar-refractivity contribution in [3.8, 4) is 5.75 Å². The van der Waals surface area contributed by atoms with Gasteiger partial charge < -0.3 is 15.4 Å². The highest BCUT2D eigenvalue weighted by Crippen LogP contribution is 2.32. The van der Waals surface area contributed by atoms with E-state index in [0.29, 0.717) is 12.1 Å². The number of benzene rings is 1. The normalized spacial score (nSPS) is 24.5. The van der Waals surface area contributed by atoms with Crippen molar-refractivity contribution in [1.82, 2.24) is 4.90 Å². The average molecular weight is 263 g/mol. The number of hydrogen-bond donors (Lipinski definition) is 1. The lowest BCUT2D eigenvalue weighted by molar-refractivity contribution is 0.195. The number of likely N-dealkylation sites (N-methyl/N-ethyl adjacent to an activating group) is 1. The molecule has 19 heavy (non-hydrogen) atoms. The number of methoxy groups -OCH3 is 1. The van der Waals surface area contributed by atoms with E-state index in [4.69, 9.17) is 10.5 Å². The molecule has 106 valence electrons. The Kier molecular flexibility index (Phi) is 4.66. The fraction of sp³-hybridized carbons (Fsp3) is 0.600. The summed E-state index contributed by atoms with van der Waals surface area (Å²) in [6.07, 6.45) is 1.01. The van der Waals surface area contributed by atoms with E-state index in [1.165, 1.54) is 5.69 Å². The molecule has 1 aromatic carbocycles. The van der Waals surface area contributed by atoms with Crippen molar-refractivity contribution < 1.29 is 4.74 Å². The first-order valence-corrected chi connectivity index (χ1v) is 6.97. The van der Waals surface area contributed by atoms with E-state index in [9.17, 15) is 0 Å². The van der Waals surface area contributed by atoms with Crippen LogP contribution in [0.3, 0.4) is 0 Å². The van der Waals surface area contributed by atoms with Gasteiger partial charge >= 0.3 is 0 Å². The van der Waals surface area contributed by atoms with Gasteiger partial charge in [0.25, 0.3) is 0 Å². The van der Waals surface area contributed by atoms with Crippen LogP contribution in [0.1, 0.15) is 13.3 Å². The van der Waals surface area contributed by atoms with Crippen molar-refractivity contribution in [2.24, 2.45) is 5.73 Å². The summed E-state index contributed by atoms with van der Waals surface area (Å²) in [5.74, 6) is 0.946. The number of nitrogens with two attached hydrogens (primary N) is 1. The second-order valence-corrected chi connectivity index (χ2v) is 5.34. The van der Waals surface area contributed by atoms with Gasteiger partial charge in [0.15, 0.2) is 0 Å². The maximum Gasteiger partial charge on any atom is 0.142 e. The molecule has 1 aliphatic rings. The van der Waals surface area contributed by atoms with E-state index in [1.54, 1.807) is 7.11 Å². The van der Waals surface area contributed by atoms with Crippen molar-refractivity contribution >= 4 is 5.69 Å². The third-order valence-corrected chi connectivity index (χ3v) is 4.05. The monoisotopic (exact) mass is 263 g/mol. The summed E-state index contributed by atoms with van der Waals surface area (Å²) in [6, 6.07) is 9.25. The molecule has 2 rings (SSSR count). The van der Waals surface area contributed by atoms with Crippen LogP contribution in [0.15, 0.2) is 24.3 Å². The zero-order chi connectivity index (χ0) is 13.8. The summed E-state index contributed by atoms with van der Waals surface area (Å²) in [4.78, 5) is 4.86. The zero-order valence-electron chi connectivity index (χ0n) is 12.2. The molecule has 0 aromatic heterocycles. The highest BCUT2D eigenvalue weighted by atomic mass is 16.5. The first-order valence-electron chi connectivity index (χ1n) is 6.97. The van der Waals surface area contributed by atoms with Crippen molar-refractivity contribution in [1.29, 1.82) is 0 Å². The Labute approximate surface area is 116 Å². The molecular formula is C15H25N3O. The fourth-order valence-electron chi connectivity index (χ4n) is 2.79. The quantitative estimate of drug-likeness (QED) is 0.895. The van der Waals surface area contributed by atoms with Gasteiger partial charge in [0.1, 0.15) is 5.75 Å². The molecule has 1 heterocycles. The summed E-state index contributed by atoms with van der Waals surface area (Å²) in [6.45, 7) is 5.05. The zero-order valence-corrected chi connectivity index (χ0v) is 12.2. The number of nitrogens with zero attached hydrogens (tertiary/aromatic N) is 2. The SMILES string of the molecule is COc1ccccc1N1CC(C)N(C)CC1CCN. The third kappa shape index (κ3) is 3.01.